The first-order chi connectivity index (χ1) is 29.0. The maximum absolute atomic E-state index is 14.7. The number of ether oxygens (including phenoxy) is 1. The molecule has 2 saturated heterocycles. The highest BCUT2D eigenvalue weighted by Gasteiger charge is 2.64. The molecule has 2 aliphatic rings. The normalized spacial score (nSPS) is 18.3. The van der Waals surface area contributed by atoms with Gasteiger partial charge < -0.3 is 34.9 Å². The van der Waals surface area contributed by atoms with E-state index in [-0.39, 0.29) is 24.1 Å². The molecule has 308 valence electrons. The summed E-state index contributed by atoms with van der Waals surface area (Å²) >= 11 is 0. The minimum Gasteiger partial charge on any atom is -0.465 e. The molecular formula is C45H42F3N7O5. The van der Waals surface area contributed by atoms with Gasteiger partial charge in [-0.25, -0.2) is 14.8 Å². The van der Waals surface area contributed by atoms with Crippen molar-refractivity contribution in [3.8, 4) is 33.6 Å². The quantitative estimate of drug-likeness (QED) is 0.102. The van der Waals surface area contributed by atoms with Crippen molar-refractivity contribution in [3.05, 3.63) is 144 Å². The molecule has 8 rings (SSSR count). The first-order valence-electron chi connectivity index (χ1n) is 19.6. The largest absolute Gasteiger partial charge is 0.465 e. The van der Waals surface area contributed by atoms with Gasteiger partial charge in [-0.3, -0.25) is 9.59 Å². The van der Waals surface area contributed by atoms with Crippen molar-refractivity contribution in [1.82, 2.24) is 35.1 Å². The van der Waals surface area contributed by atoms with E-state index in [9.17, 15) is 32.7 Å². The van der Waals surface area contributed by atoms with E-state index >= 15 is 0 Å². The van der Waals surface area contributed by atoms with E-state index in [0.29, 0.717) is 48.7 Å². The maximum Gasteiger partial charge on any atom is 0.430 e. The number of nitrogens with one attached hydrogen (secondary N) is 3. The van der Waals surface area contributed by atoms with Gasteiger partial charge in [0.2, 0.25) is 0 Å². The molecule has 2 fully saturated rings. The van der Waals surface area contributed by atoms with Gasteiger partial charge in [-0.05, 0) is 53.5 Å². The van der Waals surface area contributed by atoms with Gasteiger partial charge in [0.05, 0.1) is 35.9 Å². The molecule has 0 saturated carbocycles. The highest BCUT2D eigenvalue weighted by atomic mass is 19.4. The van der Waals surface area contributed by atoms with Crippen molar-refractivity contribution in [2.45, 2.75) is 55.6 Å². The van der Waals surface area contributed by atoms with Crippen LogP contribution in [-0.4, -0.2) is 79.1 Å². The Bertz CT molecular complexity index is 2460. The van der Waals surface area contributed by atoms with E-state index in [1.165, 1.54) is 29.2 Å². The lowest BCUT2D eigenvalue weighted by atomic mass is 9.90. The fraction of sp³-hybridized carbons (Fsp3) is 0.267. The average Bonchev–Trinajstić information content (AvgIpc) is 4.11. The van der Waals surface area contributed by atoms with Crippen LogP contribution in [0.3, 0.4) is 0 Å². The number of hydrogen-bond acceptors (Lipinski definition) is 6. The zero-order chi connectivity index (χ0) is 42.0. The number of likely N-dealkylation sites (tertiary alicyclic amines) is 2. The van der Waals surface area contributed by atoms with Crippen LogP contribution in [0.25, 0.3) is 33.6 Å². The number of benzene rings is 4. The van der Waals surface area contributed by atoms with Crippen LogP contribution >= 0.6 is 0 Å². The van der Waals surface area contributed by atoms with E-state index in [1.807, 2.05) is 54.6 Å². The molecule has 2 aromatic heterocycles. The molecule has 12 nitrogen and oxygen atoms in total. The third-order valence-electron chi connectivity index (χ3n) is 11.4. The van der Waals surface area contributed by atoms with Crippen LogP contribution in [0.15, 0.2) is 122 Å². The summed E-state index contributed by atoms with van der Waals surface area (Å²) in [6.07, 6.45) is -0.533. The number of imidazole rings is 2. The molecule has 0 radical (unpaired) electrons. The third kappa shape index (κ3) is 7.52. The average molecular weight is 818 g/mol. The van der Waals surface area contributed by atoms with E-state index in [0.717, 1.165) is 41.5 Å². The molecule has 4 N–H and O–H groups in total. The Morgan fingerprint density at radius 1 is 0.717 bits per heavy atom. The van der Waals surface area contributed by atoms with E-state index < -0.39 is 35.9 Å². The minimum atomic E-state index is -5.01. The summed E-state index contributed by atoms with van der Waals surface area (Å²) in [4.78, 5) is 57.9. The van der Waals surface area contributed by atoms with Crippen LogP contribution in [-0.2, 0) is 19.9 Å². The minimum absolute atomic E-state index is 0.131. The Labute approximate surface area is 343 Å². The molecule has 0 aliphatic carbocycles. The number of nitrogens with zero attached hydrogens (tertiary/aromatic N) is 4. The third-order valence-corrected chi connectivity index (χ3v) is 11.4. The lowest BCUT2D eigenvalue weighted by molar-refractivity contribution is -0.270. The fourth-order valence-corrected chi connectivity index (χ4v) is 8.43. The Balaban J connectivity index is 0.946. The number of rotatable bonds is 11. The first kappa shape index (κ1) is 40.1. The van der Waals surface area contributed by atoms with Gasteiger partial charge in [0, 0.05) is 25.8 Å². The molecule has 2 aliphatic heterocycles. The molecule has 1 unspecified atom stereocenters. The van der Waals surface area contributed by atoms with Crippen LogP contribution in [0, 0.1) is 0 Å². The number of aromatic nitrogens is 4. The van der Waals surface area contributed by atoms with Crippen LogP contribution in [0.2, 0.25) is 0 Å². The van der Waals surface area contributed by atoms with E-state index in [4.69, 9.17) is 4.74 Å². The van der Waals surface area contributed by atoms with Gasteiger partial charge in [0.15, 0.2) is 0 Å². The summed E-state index contributed by atoms with van der Waals surface area (Å²) in [7, 11) is 0.909. The number of carbonyl (C=O) groups is 3. The molecule has 4 aromatic carbocycles. The Morgan fingerprint density at radius 2 is 1.18 bits per heavy atom. The molecule has 6 aromatic rings. The summed E-state index contributed by atoms with van der Waals surface area (Å²) in [5.41, 5.74) is 2.19. The highest BCUT2D eigenvalue weighted by Crippen LogP contribution is 2.46. The van der Waals surface area contributed by atoms with Crippen molar-refractivity contribution in [1.29, 1.82) is 0 Å². The summed E-state index contributed by atoms with van der Waals surface area (Å²) in [6, 6.07) is 29.5. The monoisotopic (exact) mass is 817 g/mol. The number of H-pyrrole nitrogens is 2. The second kappa shape index (κ2) is 16.5. The predicted octanol–water partition coefficient (Wildman–Crippen LogP) is 8.57. The zero-order valence-electron chi connectivity index (χ0n) is 32.5. The van der Waals surface area contributed by atoms with Crippen molar-refractivity contribution in [2.24, 2.45) is 0 Å². The molecule has 60 heavy (non-hydrogen) atoms. The predicted molar refractivity (Wildman–Crippen MR) is 216 cm³/mol. The van der Waals surface area contributed by atoms with Crippen LogP contribution in [0.1, 0.15) is 66.6 Å². The standard InChI is InChI=1S/C45H42F3N7O5/c1-60-44(45(46,47)48,33-12-6-3-7-13-33)42(57)55-25-9-15-37(55)40-50-27-35(52-40)31-22-18-29(19-23-31)28-16-20-30(21-17-28)34-26-49-39(51-34)36-14-8-24-54(36)41(56)38(53-43(58)59)32-10-4-2-5-11-32/h2-7,10-13,16-23,26-27,36-38,53H,8-9,14-15,24-25H2,1H3,(H,49,51)(H,50,52)(H,58,59)/t36-,37?,38+,44-/m0/s1. The van der Waals surface area contributed by atoms with Crippen molar-refractivity contribution in [3.63, 3.8) is 0 Å². The second-order valence-corrected chi connectivity index (χ2v) is 14.9. The number of aromatic amines is 2. The van der Waals surface area contributed by atoms with Gasteiger partial charge in [-0.1, -0.05) is 109 Å². The molecule has 4 heterocycles. The number of halogens is 3. The molecule has 0 spiro atoms. The number of hydrogen-bond donors (Lipinski definition) is 4. The smallest absolute Gasteiger partial charge is 0.430 e. The lowest BCUT2D eigenvalue weighted by Crippen LogP contribution is -2.56. The summed E-state index contributed by atoms with van der Waals surface area (Å²) in [5.74, 6) is -0.480. The van der Waals surface area contributed by atoms with Crippen molar-refractivity contribution in [2.75, 3.05) is 20.2 Å². The number of carboxylic acid groups (broad SMARTS) is 1. The molecule has 4 atom stereocenters. The van der Waals surface area contributed by atoms with E-state index in [1.54, 1.807) is 47.6 Å². The summed E-state index contributed by atoms with van der Waals surface area (Å²) in [5, 5.41) is 11.9. The first-order valence-corrected chi connectivity index (χ1v) is 19.6. The lowest BCUT2D eigenvalue weighted by Gasteiger charge is -2.38. The van der Waals surface area contributed by atoms with Gasteiger partial charge >= 0.3 is 12.3 Å². The Morgan fingerprint density at radius 3 is 1.67 bits per heavy atom. The van der Waals surface area contributed by atoms with Gasteiger partial charge in [0.25, 0.3) is 17.4 Å². The number of methoxy groups -OCH3 is 1. The highest BCUT2D eigenvalue weighted by molar-refractivity contribution is 5.89. The molecule has 0 bridgehead atoms. The molecule has 15 heteroatoms. The maximum atomic E-state index is 14.7. The zero-order valence-corrected chi connectivity index (χ0v) is 32.5. The molecule has 3 amide bonds. The Kier molecular flexibility index (Phi) is 11.0. The second-order valence-electron chi connectivity index (χ2n) is 14.9. The summed E-state index contributed by atoms with van der Waals surface area (Å²) < 4.78 is 49.3. The topological polar surface area (TPSA) is 157 Å². The Hall–Kier alpha value is -6.74. The SMILES string of the molecule is CO[C@](C(=O)N1CCCC1c1ncc(-c2ccc(-c3ccc(-c4cnc([C@@H]5CCCN5C(=O)[C@H](NC(=O)O)c5ccccc5)[nH]4)cc3)cc2)[nH]1)(c1ccccc1)C(F)(F)F. The number of carbonyl (C=O) groups excluding carboxylic acids is 2. The van der Waals surface area contributed by atoms with E-state index in [2.05, 4.69) is 25.3 Å². The van der Waals surface area contributed by atoms with Gasteiger partial charge in [-0.2, -0.15) is 13.2 Å². The van der Waals surface area contributed by atoms with Crippen LogP contribution in [0.4, 0.5) is 18.0 Å². The fourth-order valence-electron chi connectivity index (χ4n) is 8.43. The number of amides is 3. The van der Waals surface area contributed by atoms with Crippen molar-refractivity contribution >= 4 is 17.9 Å². The van der Waals surface area contributed by atoms with Crippen LogP contribution < -0.4 is 5.32 Å². The summed E-state index contributed by atoms with van der Waals surface area (Å²) in [6.45, 7) is 0.613. The van der Waals surface area contributed by atoms with Gasteiger partial charge in [0.1, 0.15) is 17.7 Å². The van der Waals surface area contributed by atoms with Crippen molar-refractivity contribution < 1.29 is 37.4 Å². The van der Waals surface area contributed by atoms with Gasteiger partial charge in [-0.15, -0.1) is 0 Å². The van der Waals surface area contributed by atoms with Crippen LogP contribution in [0.5, 0.6) is 0 Å². The molecular weight excluding hydrogens is 776 g/mol. The number of alkyl halides is 3.